The van der Waals surface area contributed by atoms with Crippen LogP contribution in [0.15, 0.2) is 42.0 Å². The number of carbonyl (C=O) groups is 2. The van der Waals surface area contributed by atoms with Crippen LogP contribution in [-0.4, -0.2) is 66.0 Å². The first-order valence-corrected chi connectivity index (χ1v) is 10.2. The molecule has 0 bridgehead atoms. The summed E-state index contributed by atoms with van der Waals surface area (Å²) in [6.45, 7) is 0.735. The molecule has 1 heterocycles. The van der Waals surface area contributed by atoms with Gasteiger partial charge in [-0.1, -0.05) is 29.3 Å². The van der Waals surface area contributed by atoms with Gasteiger partial charge in [0.1, 0.15) is 17.3 Å². The molecule has 0 aromatic heterocycles. The summed E-state index contributed by atoms with van der Waals surface area (Å²) in [6.07, 6.45) is 0. The fraction of sp³-hybridized carbons (Fsp3) is 0.273. The van der Waals surface area contributed by atoms with Crippen LogP contribution >= 0.6 is 23.2 Å². The van der Waals surface area contributed by atoms with Crippen LogP contribution < -0.4 is 4.74 Å². The number of Topliss-reactive ketones (excluding diaryl/α,β-unsaturated/α-hetero) is 1. The van der Waals surface area contributed by atoms with Crippen LogP contribution in [0.3, 0.4) is 0 Å². The van der Waals surface area contributed by atoms with E-state index < -0.39 is 23.5 Å². The summed E-state index contributed by atoms with van der Waals surface area (Å²) >= 11 is 12.4. The average molecular weight is 465 g/mol. The number of hydrogen-bond acceptors (Lipinski definition) is 6. The van der Waals surface area contributed by atoms with E-state index in [1.807, 2.05) is 19.0 Å². The highest BCUT2D eigenvalue weighted by molar-refractivity contribution is 6.47. The van der Waals surface area contributed by atoms with E-state index in [4.69, 9.17) is 27.9 Å². The first kappa shape index (κ1) is 22.9. The van der Waals surface area contributed by atoms with Gasteiger partial charge in [0.15, 0.2) is 0 Å². The van der Waals surface area contributed by atoms with Crippen LogP contribution in [0.1, 0.15) is 17.2 Å². The Morgan fingerprint density at radius 1 is 1.13 bits per heavy atom. The van der Waals surface area contributed by atoms with Crippen LogP contribution in [0.25, 0.3) is 5.76 Å². The number of aromatic hydroxyl groups is 1. The molecule has 2 aromatic rings. The van der Waals surface area contributed by atoms with Gasteiger partial charge in [-0.15, -0.1) is 0 Å². The van der Waals surface area contributed by atoms with E-state index in [-0.39, 0.29) is 33.5 Å². The maximum atomic E-state index is 13.0. The van der Waals surface area contributed by atoms with Crippen molar-refractivity contribution < 1.29 is 24.5 Å². The Bertz CT molecular complexity index is 1070. The quantitative estimate of drug-likeness (QED) is 0.384. The number of aliphatic hydroxyl groups is 1. The molecule has 7 nitrogen and oxygen atoms in total. The monoisotopic (exact) mass is 464 g/mol. The molecule has 0 radical (unpaired) electrons. The van der Waals surface area contributed by atoms with Gasteiger partial charge >= 0.3 is 0 Å². The van der Waals surface area contributed by atoms with Crippen molar-refractivity contribution in [1.29, 1.82) is 0 Å². The maximum absolute atomic E-state index is 13.0. The standard InChI is InChI=1S/C22H22Cl2N2O5/c1-25(2)8-9-26-19(12-4-7-17(27)16(24)10-12)18(21(29)22(26)30)20(28)14-11-13(31-3)5-6-15(14)23/h4-7,10-11,19,27-28H,8-9H2,1-3H3/b20-18+. The van der Waals surface area contributed by atoms with Crippen molar-refractivity contribution in [3.63, 3.8) is 0 Å². The Balaban J connectivity index is 2.22. The highest BCUT2D eigenvalue weighted by Gasteiger charge is 2.46. The Hall–Kier alpha value is -2.74. The van der Waals surface area contributed by atoms with Crippen molar-refractivity contribution >= 4 is 40.7 Å². The number of likely N-dealkylation sites (N-methyl/N-ethyl adjacent to an activating group) is 1. The van der Waals surface area contributed by atoms with E-state index in [1.165, 1.54) is 36.3 Å². The number of aliphatic hydroxyl groups excluding tert-OH is 1. The molecule has 1 atom stereocenters. The van der Waals surface area contributed by atoms with Crippen LogP contribution in [0, 0.1) is 0 Å². The molecule has 1 fully saturated rings. The van der Waals surface area contributed by atoms with Crippen molar-refractivity contribution in [2.24, 2.45) is 0 Å². The number of phenols is 1. The molecular formula is C22H22Cl2N2O5. The van der Waals surface area contributed by atoms with E-state index in [1.54, 1.807) is 12.1 Å². The van der Waals surface area contributed by atoms with Crippen LogP contribution in [0.5, 0.6) is 11.5 Å². The largest absolute Gasteiger partial charge is 0.507 e. The molecule has 1 saturated heterocycles. The van der Waals surface area contributed by atoms with Gasteiger partial charge in [-0.2, -0.15) is 0 Å². The second-order valence-electron chi connectivity index (χ2n) is 7.35. The summed E-state index contributed by atoms with van der Waals surface area (Å²) in [4.78, 5) is 29.1. The molecule has 31 heavy (non-hydrogen) atoms. The van der Waals surface area contributed by atoms with Gasteiger partial charge < -0.3 is 24.7 Å². The zero-order valence-electron chi connectivity index (χ0n) is 17.2. The molecule has 1 aliphatic rings. The average Bonchev–Trinajstić information content (AvgIpc) is 2.98. The number of halogens is 2. The zero-order valence-corrected chi connectivity index (χ0v) is 18.7. The lowest BCUT2D eigenvalue weighted by Crippen LogP contribution is -2.35. The molecular weight excluding hydrogens is 443 g/mol. The minimum Gasteiger partial charge on any atom is -0.507 e. The lowest BCUT2D eigenvalue weighted by molar-refractivity contribution is -0.140. The van der Waals surface area contributed by atoms with Crippen LogP contribution in [0.4, 0.5) is 0 Å². The third kappa shape index (κ3) is 4.49. The van der Waals surface area contributed by atoms with Gasteiger partial charge in [0, 0.05) is 18.7 Å². The highest BCUT2D eigenvalue weighted by Crippen LogP contribution is 2.42. The summed E-state index contributed by atoms with van der Waals surface area (Å²) < 4.78 is 5.19. The number of nitrogens with zero attached hydrogens (tertiary/aromatic N) is 2. The normalized spacial score (nSPS) is 18.1. The molecule has 1 amide bonds. The highest BCUT2D eigenvalue weighted by atomic mass is 35.5. The molecule has 2 N–H and O–H groups in total. The molecule has 0 saturated carbocycles. The van der Waals surface area contributed by atoms with Crippen molar-refractivity contribution in [2.45, 2.75) is 6.04 Å². The number of phenolic OH excluding ortho intramolecular Hbond substituents is 1. The summed E-state index contributed by atoms with van der Waals surface area (Å²) in [7, 11) is 5.16. The van der Waals surface area contributed by atoms with E-state index in [9.17, 15) is 19.8 Å². The summed E-state index contributed by atoms with van der Waals surface area (Å²) in [5.41, 5.74) is 0.531. The van der Waals surface area contributed by atoms with Crippen LogP contribution in [-0.2, 0) is 9.59 Å². The molecule has 164 valence electrons. The molecule has 9 heteroatoms. The molecule has 0 aliphatic carbocycles. The molecule has 3 rings (SSSR count). The van der Waals surface area contributed by atoms with E-state index >= 15 is 0 Å². The topological polar surface area (TPSA) is 90.3 Å². The first-order chi connectivity index (χ1) is 14.6. The summed E-state index contributed by atoms with van der Waals surface area (Å²) in [5.74, 6) is -1.69. The number of benzene rings is 2. The minimum absolute atomic E-state index is 0.0649. The predicted molar refractivity (Wildman–Crippen MR) is 119 cm³/mol. The Labute approximate surface area is 190 Å². The predicted octanol–water partition coefficient (Wildman–Crippen LogP) is 3.69. The number of hydrogen-bond donors (Lipinski definition) is 2. The number of amides is 1. The van der Waals surface area contributed by atoms with Gasteiger partial charge in [0.25, 0.3) is 11.7 Å². The zero-order chi connectivity index (χ0) is 22.9. The Kier molecular flexibility index (Phi) is 6.79. The van der Waals surface area contributed by atoms with Crippen molar-refractivity contribution in [1.82, 2.24) is 9.80 Å². The maximum Gasteiger partial charge on any atom is 0.295 e. The number of ether oxygens (including phenoxy) is 1. The number of rotatable bonds is 6. The van der Waals surface area contributed by atoms with Crippen molar-refractivity contribution in [2.75, 3.05) is 34.3 Å². The molecule has 1 aliphatic heterocycles. The van der Waals surface area contributed by atoms with E-state index in [0.717, 1.165) is 0 Å². The molecule has 0 spiro atoms. The fourth-order valence-electron chi connectivity index (χ4n) is 3.42. The smallest absolute Gasteiger partial charge is 0.295 e. The van der Waals surface area contributed by atoms with Crippen molar-refractivity contribution in [3.05, 3.63) is 63.1 Å². The van der Waals surface area contributed by atoms with E-state index in [2.05, 4.69) is 0 Å². The number of methoxy groups -OCH3 is 1. The minimum atomic E-state index is -0.902. The third-order valence-electron chi connectivity index (χ3n) is 5.04. The number of likely N-dealkylation sites (tertiary alicyclic amines) is 1. The van der Waals surface area contributed by atoms with Gasteiger partial charge in [0.2, 0.25) is 0 Å². The third-order valence-corrected chi connectivity index (χ3v) is 5.68. The van der Waals surface area contributed by atoms with Gasteiger partial charge in [-0.05, 0) is 50.0 Å². The lowest BCUT2D eigenvalue weighted by atomic mass is 9.95. The van der Waals surface area contributed by atoms with Crippen molar-refractivity contribution in [3.8, 4) is 11.5 Å². The van der Waals surface area contributed by atoms with Gasteiger partial charge in [-0.3, -0.25) is 9.59 Å². The summed E-state index contributed by atoms with van der Waals surface area (Å²) in [6, 6.07) is 8.14. The second-order valence-corrected chi connectivity index (χ2v) is 8.17. The Morgan fingerprint density at radius 3 is 2.45 bits per heavy atom. The SMILES string of the molecule is COc1ccc(Cl)c(/C(O)=C2\C(=O)C(=O)N(CCN(C)C)C2c2ccc(O)c(Cl)c2)c1. The summed E-state index contributed by atoms with van der Waals surface area (Å²) in [5, 5.41) is 21.2. The van der Waals surface area contributed by atoms with Gasteiger partial charge in [0.05, 0.1) is 28.8 Å². The van der Waals surface area contributed by atoms with Crippen LogP contribution in [0.2, 0.25) is 10.0 Å². The number of ketones is 1. The fourth-order valence-corrected chi connectivity index (χ4v) is 3.81. The second kappa shape index (κ2) is 9.18. The first-order valence-electron chi connectivity index (χ1n) is 9.41. The van der Waals surface area contributed by atoms with Gasteiger partial charge in [-0.25, -0.2) is 0 Å². The number of carbonyl (C=O) groups excluding carboxylic acids is 2. The Morgan fingerprint density at radius 2 is 1.84 bits per heavy atom. The van der Waals surface area contributed by atoms with E-state index in [0.29, 0.717) is 17.9 Å². The molecule has 2 aromatic carbocycles. The lowest BCUT2D eigenvalue weighted by Gasteiger charge is -2.26. The molecule has 1 unspecified atom stereocenters.